The second kappa shape index (κ2) is 4.53. The lowest BCUT2D eigenvalue weighted by molar-refractivity contribution is 0.627. The van der Waals surface area contributed by atoms with Crippen molar-refractivity contribution in [2.75, 3.05) is 17.6 Å². The van der Waals surface area contributed by atoms with Crippen LogP contribution in [-0.4, -0.2) is 6.54 Å². The van der Waals surface area contributed by atoms with Crippen molar-refractivity contribution >= 4 is 36.2 Å². The number of benzene rings is 1. The lowest BCUT2D eigenvalue weighted by Gasteiger charge is -2.03. The van der Waals surface area contributed by atoms with Gasteiger partial charge in [0.25, 0.3) is 0 Å². The van der Waals surface area contributed by atoms with Gasteiger partial charge in [-0.05, 0) is 24.1 Å². The molecule has 1 aromatic carbocycles. The summed E-state index contributed by atoms with van der Waals surface area (Å²) in [5.74, 6) is -0.245. The standard InChI is InChI=1S/C8H9FN2.2ClH/c9-6-3-5-1-2-11-8(5)7(10)4-6;;/h3-4,11H,1-2,10H2;2*1H. The predicted octanol–water partition coefficient (Wildman–Crippen LogP) is 2.22. The summed E-state index contributed by atoms with van der Waals surface area (Å²) in [5.41, 5.74) is 7.98. The van der Waals surface area contributed by atoms with Gasteiger partial charge in [-0.1, -0.05) is 0 Å². The van der Waals surface area contributed by atoms with Crippen molar-refractivity contribution in [3.63, 3.8) is 0 Å². The van der Waals surface area contributed by atoms with E-state index in [0.717, 1.165) is 24.2 Å². The molecule has 0 fully saturated rings. The average molecular weight is 225 g/mol. The summed E-state index contributed by atoms with van der Waals surface area (Å²) < 4.78 is 12.7. The Hall–Kier alpha value is -0.670. The minimum Gasteiger partial charge on any atom is -0.397 e. The molecule has 0 saturated heterocycles. The van der Waals surface area contributed by atoms with E-state index in [1.807, 2.05) is 0 Å². The molecule has 0 atom stereocenters. The fourth-order valence-electron chi connectivity index (χ4n) is 1.42. The first-order valence-electron chi connectivity index (χ1n) is 3.59. The highest BCUT2D eigenvalue weighted by Gasteiger charge is 2.13. The van der Waals surface area contributed by atoms with Crippen LogP contribution in [-0.2, 0) is 6.42 Å². The molecule has 1 aromatic rings. The first-order valence-corrected chi connectivity index (χ1v) is 3.59. The van der Waals surface area contributed by atoms with Crippen molar-refractivity contribution in [2.45, 2.75) is 6.42 Å². The largest absolute Gasteiger partial charge is 0.397 e. The summed E-state index contributed by atoms with van der Waals surface area (Å²) in [6.07, 6.45) is 0.872. The van der Waals surface area contributed by atoms with Gasteiger partial charge in [-0.15, -0.1) is 24.8 Å². The van der Waals surface area contributed by atoms with Crippen molar-refractivity contribution in [3.8, 4) is 0 Å². The van der Waals surface area contributed by atoms with E-state index >= 15 is 0 Å². The van der Waals surface area contributed by atoms with Gasteiger partial charge in [-0.2, -0.15) is 0 Å². The third-order valence-corrected chi connectivity index (χ3v) is 1.91. The normalized spacial score (nSPS) is 12.1. The zero-order valence-corrected chi connectivity index (χ0v) is 8.47. The Morgan fingerprint density at radius 3 is 2.69 bits per heavy atom. The SMILES string of the molecule is Cl.Cl.Nc1cc(F)cc2c1NCC2. The fourth-order valence-corrected chi connectivity index (χ4v) is 1.42. The van der Waals surface area contributed by atoms with Crippen LogP contribution in [0.4, 0.5) is 15.8 Å². The number of rotatable bonds is 0. The fraction of sp³-hybridized carbons (Fsp3) is 0.250. The van der Waals surface area contributed by atoms with Gasteiger partial charge in [-0.25, -0.2) is 4.39 Å². The van der Waals surface area contributed by atoms with E-state index in [0.29, 0.717) is 5.69 Å². The molecule has 0 spiro atoms. The number of halogens is 3. The minimum absolute atomic E-state index is 0. The number of nitrogen functional groups attached to an aromatic ring is 1. The van der Waals surface area contributed by atoms with Gasteiger partial charge < -0.3 is 11.1 Å². The van der Waals surface area contributed by atoms with Crippen molar-refractivity contribution in [2.24, 2.45) is 0 Å². The van der Waals surface area contributed by atoms with E-state index in [2.05, 4.69) is 5.32 Å². The van der Waals surface area contributed by atoms with Gasteiger partial charge >= 0.3 is 0 Å². The van der Waals surface area contributed by atoms with Crippen molar-refractivity contribution < 1.29 is 4.39 Å². The summed E-state index contributed by atoms with van der Waals surface area (Å²) in [7, 11) is 0. The molecule has 0 unspecified atom stereocenters. The highest BCUT2D eigenvalue weighted by molar-refractivity contribution is 5.85. The van der Waals surface area contributed by atoms with E-state index in [-0.39, 0.29) is 30.6 Å². The maximum absolute atomic E-state index is 12.7. The van der Waals surface area contributed by atoms with Crippen LogP contribution in [0.25, 0.3) is 0 Å². The lowest BCUT2D eigenvalue weighted by Crippen LogP contribution is -1.96. The van der Waals surface area contributed by atoms with Gasteiger partial charge in [0.05, 0.1) is 11.4 Å². The maximum atomic E-state index is 12.7. The van der Waals surface area contributed by atoms with Crippen LogP contribution in [0.15, 0.2) is 12.1 Å². The lowest BCUT2D eigenvalue weighted by atomic mass is 10.1. The van der Waals surface area contributed by atoms with E-state index in [4.69, 9.17) is 5.73 Å². The molecule has 13 heavy (non-hydrogen) atoms. The first kappa shape index (κ1) is 12.3. The van der Waals surface area contributed by atoms with Crippen LogP contribution in [0.2, 0.25) is 0 Å². The van der Waals surface area contributed by atoms with Crippen LogP contribution in [0.5, 0.6) is 0 Å². The average Bonchev–Trinajstić information content (AvgIpc) is 2.34. The van der Waals surface area contributed by atoms with Crippen LogP contribution < -0.4 is 11.1 Å². The Kier molecular flexibility index (Phi) is 4.30. The molecule has 1 heterocycles. The van der Waals surface area contributed by atoms with Gasteiger partial charge in [0, 0.05) is 6.54 Å². The number of nitrogens with one attached hydrogen (secondary N) is 1. The molecule has 5 heteroatoms. The summed E-state index contributed by atoms with van der Waals surface area (Å²) in [6.45, 7) is 0.864. The topological polar surface area (TPSA) is 38.0 Å². The molecule has 1 aliphatic rings. The molecule has 0 aromatic heterocycles. The Morgan fingerprint density at radius 2 is 2.00 bits per heavy atom. The molecule has 0 bridgehead atoms. The molecule has 74 valence electrons. The summed E-state index contributed by atoms with van der Waals surface area (Å²) in [4.78, 5) is 0. The number of hydrogen-bond donors (Lipinski definition) is 2. The zero-order chi connectivity index (χ0) is 7.84. The van der Waals surface area contributed by atoms with E-state index in [9.17, 15) is 4.39 Å². The van der Waals surface area contributed by atoms with E-state index < -0.39 is 0 Å². The molecule has 1 aliphatic heterocycles. The van der Waals surface area contributed by atoms with Crippen LogP contribution in [0.3, 0.4) is 0 Å². The molecular formula is C8H11Cl2FN2. The third kappa shape index (κ3) is 2.17. The third-order valence-electron chi connectivity index (χ3n) is 1.91. The van der Waals surface area contributed by atoms with Gasteiger partial charge in [0.15, 0.2) is 0 Å². The highest BCUT2D eigenvalue weighted by Crippen LogP contribution is 2.29. The van der Waals surface area contributed by atoms with Crippen molar-refractivity contribution in [1.82, 2.24) is 0 Å². The number of fused-ring (bicyclic) bond motifs is 1. The zero-order valence-electron chi connectivity index (χ0n) is 6.84. The number of anilines is 2. The van der Waals surface area contributed by atoms with Gasteiger partial charge in [-0.3, -0.25) is 0 Å². The Bertz CT molecular complexity index is 304. The molecular weight excluding hydrogens is 214 g/mol. The van der Waals surface area contributed by atoms with E-state index in [1.54, 1.807) is 0 Å². The van der Waals surface area contributed by atoms with Gasteiger partial charge in [0.1, 0.15) is 5.82 Å². The number of nitrogens with two attached hydrogens (primary N) is 1. The van der Waals surface area contributed by atoms with E-state index in [1.165, 1.54) is 12.1 Å². The Morgan fingerprint density at radius 1 is 1.31 bits per heavy atom. The molecule has 0 saturated carbocycles. The smallest absolute Gasteiger partial charge is 0.125 e. The summed E-state index contributed by atoms with van der Waals surface area (Å²) in [5, 5.41) is 3.10. The monoisotopic (exact) mass is 224 g/mol. The van der Waals surface area contributed by atoms with Gasteiger partial charge in [0.2, 0.25) is 0 Å². The van der Waals surface area contributed by atoms with Crippen molar-refractivity contribution in [1.29, 1.82) is 0 Å². The first-order chi connectivity index (χ1) is 5.27. The minimum atomic E-state index is -0.245. The van der Waals surface area contributed by atoms with Crippen molar-refractivity contribution in [3.05, 3.63) is 23.5 Å². The molecule has 0 aliphatic carbocycles. The maximum Gasteiger partial charge on any atom is 0.125 e. The van der Waals surface area contributed by atoms with Crippen LogP contribution >= 0.6 is 24.8 Å². The second-order valence-corrected chi connectivity index (χ2v) is 2.71. The Balaban J connectivity index is 0.000000720. The summed E-state index contributed by atoms with van der Waals surface area (Å²) >= 11 is 0. The molecule has 0 amide bonds. The molecule has 2 nitrogen and oxygen atoms in total. The molecule has 3 N–H and O–H groups in total. The second-order valence-electron chi connectivity index (χ2n) is 2.71. The predicted molar refractivity (Wildman–Crippen MR) is 57.5 cm³/mol. The Labute approximate surface area is 88.5 Å². The summed E-state index contributed by atoms with van der Waals surface area (Å²) in [6, 6.07) is 2.88. The number of hydrogen-bond acceptors (Lipinski definition) is 2. The highest BCUT2D eigenvalue weighted by atomic mass is 35.5. The molecule has 0 radical (unpaired) electrons. The van der Waals surface area contributed by atoms with Crippen LogP contribution in [0.1, 0.15) is 5.56 Å². The van der Waals surface area contributed by atoms with Crippen LogP contribution in [0, 0.1) is 5.82 Å². The quantitative estimate of drug-likeness (QED) is 0.664. The molecule has 2 rings (SSSR count).